The van der Waals surface area contributed by atoms with Crippen LogP contribution in [0.25, 0.3) is 0 Å². The van der Waals surface area contributed by atoms with Crippen LogP contribution in [0.5, 0.6) is 0 Å². The summed E-state index contributed by atoms with van der Waals surface area (Å²) in [7, 11) is 0. The van der Waals surface area contributed by atoms with Gasteiger partial charge in [0.05, 0.1) is 0 Å². The largest absolute Gasteiger partial charge is 0.314 e. The summed E-state index contributed by atoms with van der Waals surface area (Å²) in [6.07, 6.45) is 21.1. The minimum atomic E-state index is 0.524. The standard InChI is InChI=1S/C29H59N/c1-8-14-27-18-11-10-15-26(6)17-13-22-30-28(19-12-16-25(5)9-2)20-21-29(27,7)23-24(3)4/h24-28,30H,8-23H2,1-7H3/t25?,26?,27?,28-,29?/m0/s1. The molecule has 0 spiro atoms. The van der Waals surface area contributed by atoms with Crippen LogP contribution in [-0.4, -0.2) is 12.6 Å². The molecule has 0 aromatic rings. The third kappa shape index (κ3) is 11.5. The summed E-state index contributed by atoms with van der Waals surface area (Å²) in [5.41, 5.74) is 0.524. The van der Waals surface area contributed by atoms with E-state index < -0.39 is 0 Å². The van der Waals surface area contributed by atoms with E-state index in [1.807, 2.05) is 0 Å². The Morgan fingerprint density at radius 3 is 2.30 bits per heavy atom. The van der Waals surface area contributed by atoms with E-state index in [2.05, 4.69) is 53.8 Å². The Morgan fingerprint density at radius 1 is 0.933 bits per heavy atom. The van der Waals surface area contributed by atoms with Crippen molar-refractivity contribution < 1.29 is 0 Å². The molecular weight excluding hydrogens is 362 g/mol. The fourth-order valence-electron chi connectivity index (χ4n) is 6.15. The summed E-state index contributed by atoms with van der Waals surface area (Å²) in [4.78, 5) is 0. The van der Waals surface area contributed by atoms with Gasteiger partial charge in [0.1, 0.15) is 0 Å². The Bertz CT molecular complexity index is 403. The molecule has 0 saturated carbocycles. The van der Waals surface area contributed by atoms with Crippen LogP contribution in [0.15, 0.2) is 0 Å². The lowest BCUT2D eigenvalue weighted by atomic mass is 9.65. The second-order valence-corrected chi connectivity index (χ2v) is 11.9. The van der Waals surface area contributed by atoms with Gasteiger partial charge < -0.3 is 5.32 Å². The van der Waals surface area contributed by atoms with Gasteiger partial charge >= 0.3 is 0 Å². The third-order valence-electron chi connectivity index (χ3n) is 8.31. The zero-order chi connectivity index (χ0) is 22.4. The van der Waals surface area contributed by atoms with Crippen LogP contribution in [0, 0.1) is 29.1 Å². The normalized spacial score (nSPS) is 31.4. The molecule has 30 heavy (non-hydrogen) atoms. The van der Waals surface area contributed by atoms with Crippen LogP contribution in [0.2, 0.25) is 0 Å². The zero-order valence-electron chi connectivity index (χ0n) is 22.2. The van der Waals surface area contributed by atoms with Crippen molar-refractivity contribution in [2.75, 3.05) is 6.54 Å². The van der Waals surface area contributed by atoms with Gasteiger partial charge in [0.2, 0.25) is 0 Å². The topological polar surface area (TPSA) is 12.0 Å². The highest BCUT2D eigenvalue weighted by atomic mass is 14.9. The van der Waals surface area contributed by atoms with E-state index in [-0.39, 0.29) is 0 Å². The highest BCUT2D eigenvalue weighted by molar-refractivity contribution is 4.86. The molecule has 1 fully saturated rings. The first kappa shape index (κ1) is 28.0. The number of hydrogen-bond acceptors (Lipinski definition) is 1. The predicted octanol–water partition coefficient (Wildman–Crippen LogP) is 9.40. The van der Waals surface area contributed by atoms with Crippen molar-refractivity contribution in [1.29, 1.82) is 0 Å². The quantitative estimate of drug-likeness (QED) is 0.391. The molecule has 0 bridgehead atoms. The Hall–Kier alpha value is -0.0400. The van der Waals surface area contributed by atoms with Gasteiger partial charge in [0.15, 0.2) is 0 Å². The van der Waals surface area contributed by atoms with Gasteiger partial charge in [0, 0.05) is 6.04 Å². The van der Waals surface area contributed by atoms with E-state index in [0.717, 1.165) is 29.7 Å². The Morgan fingerprint density at radius 2 is 1.63 bits per heavy atom. The van der Waals surface area contributed by atoms with Crippen molar-refractivity contribution >= 4 is 0 Å². The fraction of sp³-hybridized carbons (Fsp3) is 1.00. The Balaban J connectivity index is 2.87. The molecule has 4 unspecified atom stereocenters. The van der Waals surface area contributed by atoms with E-state index >= 15 is 0 Å². The van der Waals surface area contributed by atoms with Crippen molar-refractivity contribution in [2.24, 2.45) is 29.1 Å². The molecule has 0 radical (unpaired) electrons. The molecule has 1 heterocycles. The van der Waals surface area contributed by atoms with Gasteiger partial charge in [-0.1, -0.05) is 99.8 Å². The second kappa shape index (κ2) is 15.7. The van der Waals surface area contributed by atoms with E-state index in [4.69, 9.17) is 0 Å². The lowest BCUT2D eigenvalue weighted by Gasteiger charge is -2.41. The first-order chi connectivity index (χ1) is 14.3. The Labute approximate surface area is 192 Å². The zero-order valence-corrected chi connectivity index (χ0v) is 22.2. The molecule has 180 valence electrons. The maximum Gasteiger partial charge on any atom is 0.00672 e. The van der Waals surface area contributed by atoms with Crippen LogP contribution in [-0.2, 0) is 0 Å². The molecule has 0 aromatic heterocycles. The van der Waals surface area contributed by atoms with Gasteiger partial charge in [-0.25, -0.2) is 0 Å². The smallest absolute Gasteiger partial charge is 0.00672 e. The summed E-state index contributed by atoms with van der Waals surface area (Å²) >= 11 is 0. The van der Waals surface area contributed by atoms with Crippen molar-refractivity contribution in [1.82, 2.24) is 5.32 Å². The lowest BCUT2D eigenvalue weighted by Crippen LogP contribution is -2.35. The van der Waals surface area contributed by atoms with Crippen LogP contribution in [0.4, 0.5) is 0 Å². The summed E-state index contributed by atoms with van der Waals surface area (Å²) in [5, 5.41) is 4.02. The lowest BCUT2D eigenvalue weighted by molar-refractivity contribution is 0.102. The highest BCUT2D eigenvalue weighted by Crippen LogP contribution is 2.44. The number of hydrogen-bond donors (Lipinski definition) is 1. The SMILES string of the molecule is CCCC1CCCCC(C)CCCN[C@@H](CCCC(C)CC)CCC1(C)CC(C)C. The average molecular weight is 422 g/mol. The average Bonchev–Trinajstić information content (AvgIpc) is 2.69. The first-order valence-corrected chi connectivity index (χ1v) is 14.0. The minimum absolute atomic E-state index is 0.524. The Kier molecular flexibility index (Phi) is 14.7. The predicted molar refractivity (Wildman–Crippen MR) is 137 cm³/mol. The molecule has 1 heteroatoms. The maximum absolute atomic E-state index is 4.02. The van der Waals surface area contributed by atoms with Crippen molar-refractivity contribution in [3.63, 3.8) is 0 Å². The molecule has 1 aliphatic rings. The molecule has 1 rings (SSSR count). The van der Waals surface area contributed by atoms with Gasteiger partial charge in [-0.2, -0.15) is 0 Å². The molecule has 1 aliphatic heterocycles. The van der Waals surface area contributed by atoms with Crippen LogP contribution >= 0.6 is 0 Å². The molecule has 0 aliphatic carbocycles. The maximum atomic E-state index is 4.02. The molecule has 1 N–H and O–H groups in total. The molecule has 1 nitrogen and oxygen atoms in total. The second-order valence-electron chi connectivity index (χ2n) is 11.9. The molecule has 0 aromatic carbocycles. The third-order valence-corrected chi connectivity index (χ3v) is 8.31. The highest BCUT2D eigenvalue weighted by Gasteiger charge is 2.34. The summed E-state index contributed by atoms with van der Waals surface area (Å²) < 4.78 is 0. The monoisotopic (exact) mass is 421 g/mol. The van der Waals surface area contributed by atoms with Gasteiger partial charge in [-0.05, 0) is 80.6 Å². The van der Waals surface area contributed by atoms with Gasteiger partial charge in [0.25, 0.3) is 0 Å². The molecular formula is C29H59N. The van der Waals surface area contributed by atoms with Crippen LogP contribution in [0.1, 0.15) is 145 Å². The van der Waals surface area contributed by atoms with Crippen molar-refractivity contribution in [2.45, 2.75) is 151 Å². The van der Waals surface area contributed by atoms with E-state index in [9.17, 15) is 0 Å². The minimum Gasteiger partial charge on any atom is -0.314 e. The van der Waals surface area contributed by atoms with Crippen molar-refractivity contribution in [3.8, 4) is 0 Å². The summed E-state index contributed by atoms with van der Waals surface area (Å²) in [6.45, 7) is 18.5. The van der Waals surface area contributed by atoms with E-state index in [1.54, 1.807) is 0 Å². The number of nitrogens with one attached hydrogen (secondary N) is 1. The van der Waals surface area contributed by atoms with E-state index in [1.165, 1.54) is 103 Å². The fourth-order valence-corrected chi connectivity index (χ4v) is 6.15. The molecule has 0 amide bonds. The number of rotatable bonds is 9. The van der Waals surface area contributed by atoms with Gasteiger partial charge in [-0.15, -0.1) is 0 Å². The molecule has 1 saturated heterocycles. The van der Waals surface area contributed by atoms with E-state index in [0.29, 0.717) is 5.41 Å². The summed E-state index contributed by atoms with van der Waals surface area (Å²) in [5.74, 6) is 3.53. The van der Waals surface area contributed by atoms with Gasteiger partial charge in [-0.3, -0.25) is 0 Å². The van der Waals surface area contributed by atoms with Crippen LogP contribution in [0.3, 0.4) is 0 Å². The molecule has 5 atom stereocenters. The summed E-state index contributed by atoms with van der Waals surface area (Å²) in [6, 6.07) is 0.737. The van der Waals surface area contributed by atoms with Crippen molar-refractivity contribution in [3.05, 3.63) is 0 Å². The first-order valence-electron chi connectivity index (χ1n) is 14.0. The van der Waals surface area contributed by atoms with Crippen LogP contribution < -0.4 is 5.32 Å².